The molecule has 100 valence electrons. The van der Waals surface area contributed by atoms with Gasteiger partial charge in [0.15, 0.2) is 0 Å². The maximum absolute atomic E-state index is 12.2. The Balaban J connectivity index is 2.81. The van der Waals surface area contributed by atoms with Crippen molar-refractivity contribution in [1.82, 2.24) is 4.90 Å². The number of hydrogen-bond donors (Lipinski definition) is 2. The van der Waals surface area contributed by atoms with Crippen LogP contribution in [0, 0.1) is 13.8 Å². The smallest absolute Gasteiger partial charge is 0.257 e. The average molecular weight is 253 g/mol. The van der Waals surface area contributed by atoms with Crippen LogP contribution in [-0.2, 0) is 0 Å². The second-order valence-corrected chi connectivity index (χ2v) is 4.39. The first kappa shape index (κ1) is 14.1. The van der Waals surface area contributed by atoms with E-state index >= 15 is 0 Å². The van der Waals surface area contributed by atoms with Gasteiger partial charge in [-0.3, -0.25) is 4.79 Å². The Labute approximate surface area is 106 Å². The number of carbonyl (C=O) groups is 1. The van der Waals surface area contributed by atoms with Crippen molar-refractivity contribution >= 4 is 11.7 Å². The molecule has 0 aliphatic heterocycles. The number of hydrogen-bond acceptors (Lipinski definition) is 4. The number of oxime groups is 1. The largest absolute Gasteiger partial charge is 0.466 e. The Hall–Kier alpha value is -1.98. The zero-order chi connectivity index (χ0) is 13.9. The van der Waals surface area contributed by atoms with Crippen molar-refractivity contribution in [2.24, 2.45) is 10.9 Å². The lowest BCUT2D eigenvalue weighted by atomic mass is 10.1. The molecular weight excluding hydrogens is 234 g/mol. The highest BCUT2D eigenvalue weighted by molar-refractivity contribution is 5.95. The molecule has 0 aliphatic carbocycles. The predicted octanol–water partition coefficient (Wildman–Crippen LogP) is 1.49. The fraction of sp³-hybridized carbons (Fsp3) is 0.500. The molecule has 6 heteroatoms. The Morgan fingerprint density at radius 3 is 2.67 bits per heavy atom. The summed E-state index contributed by atoms with van der Waals surface area (Å²) >= 11 is 0. The summed E-state index contributed by atoms with van der Waals surface area (Å²) in [4.78, 5) is 13.8. The third-order valence-corrected chi connectivity index (χ3v) is 2.89. The Morgan fingerprint density at radius 1 is 1.61 bits per heavy atom. The van der Waals surface area contributed by atoms with E-state index in [0.29, 0.717) is 23.5 Å². The maximum atomic E-state index is 12.2. The van der Waals surface area contributed by atoms with E-state index in [2.05, 4.69) is 5.16 Å². The summed E-state index contributed by atoms with van der Waals surface area (Å²) in [7, 11) is 1.68. The number of carbonyl (C=O) groups excluding carboxylic acids is 1. The third-order valence-electron chi connectivity index (χ3n) is 2.89. The van der Waals surface area contributed by atoms with E-state index in [1.807, 2.05) is 6.92 Å². The fourth-order valence-electron chi connectivity index (χ4n) is 1.71. The van der Waals surface area contributed by atoms with Crippen molar-refractivity contribution in [3.05, 3.63) is 23.2 Å². The molecule has 6 nitrogen and oxygen atoms in total. The summed E-state index contributed by atoms with van der Waals surface area (Å²) < 4.78 is 5.33. The van der Waals surface area contributed by atoms with Crippen molar-refractivity contribution in [2.45, 2.75) is 33.2 Å². The van der Waals surface area contributed by atoms with Crippen molar-refractivity contribution in [1.29, 1.82) is 0 Å². The molecule has 1 amide bonds. The third kappa shape index (κ3) is 3.03. The zero-order valence-electron chi connectivity index (χ0n) is 11.1. The van der Waals surface area contributed by atoms with Crippen LogP contribution in [0.3, 0.4) is 0 Å². The molecule has 3 N–H and O–H groups in total. The molecule has 1 atom stereocenters. The highest BCUT2D eigenvalue weighted by Crippen LogP contribution is 2.17. The number of nitrogens with zero attached hydrogens (tertiary/aromatic N) is 2. The van der Waals surface area contributed by atoms with Gasteiger partial charge in [-0.15, -0.1) is 0 Å². The van der Waals surface area contributed by atoms with Gasteiger partial charge in [-0.1, -0.05) is 5.16 Å². The van der Waals surface area contributed by atoms with Gasteiger partial charge in [0.1, 0.15) is 17.4 Å². The quantitative estimate of drug-likeness (QED) is 0.368. The number of amides is 1. The topological polar surface area (TPSA) is 92.1 Å². The van der Waals surface area contributed by atoms with Crippen LogP contribution in [0.1, 0.15) is 35.2 Å². The molecule has 1 unspecified atom stereocenters. The second kappa shape index (κ2) is 5.57. The van der Waals surface area contributed by atoms with Crippen LogP contribution in [0.2, 0.25) is 0 Å². The van der Waals surface area contributed by atoms with E-state index in [1.54, 1.807) is 31.9 Å². The second-order valence-electron chi connectivity index (χ2n) is 4.39. The lowest BCUT2D eigenvalue weighted by Crippen LogP contribution is -2.37. The van der Waals surface area contributed by atoms with Crippen LogP contribution in [-0.4, -0.2) is 34.9 Å². The highest BCUT2D eigenvalue weighted by Gasteiger charge is 2.22. The minimum Gasteiger partial charge on any atom is -0.466 e. The summed E-state index contributed by atoms with van der Waals surface area (Å²) in [6.07, 6.45) is 0.314. The normalized spacial score (nSPS) is 13.4. The molecule has 0 saturated carbocycles. The van der Waals surface area contributed by atoms with Crippen LogP contribution in [0.15, 0.2) is 15.6 Å². The van der Waals surface area contributed by atoms with Gasteiger partial charge in [0.2, 0.25) is 0 Å². The fourth-order valence-corrected chi connectivity index (χ4v) is 1.71. The summed E-state index contributed by atoms with van der Waals surface area (Å²) in [6.45, 7) is 5.38. The van der Waals surface area contributed by atoms with Crippen molar-refractivity contribution < 1.29 is 14.4 Å². The van der Waals surface area contributed by atoms with Crippen LogP contribution < -0.4 is 5.73 Å². The Morgan fingerprint density at radius 2 is 2.22 bits per heavy atom. The highest BCUT2D eigenvalue weighted by atomic mass is 16.4. The molecule has 1 heterocycles. The van der Waals surface area contributed by atoms with Crippen LogP contribution in [0.4, 0.5) is 0 Å². The summed E-state index contributed by atoms with van der Waals surface area (Å²) in [6, 6.07) is 1.55. The van der Waals surface area contributed by atoms with Gasteiger partial charge in [-0.2, -0.15) is 0 Å². The Kier molecular flexibility index (Phi) is 4.36. The minimum absolute atomic E-state index is 0.0993. The van der Waals surface area contributed by atoms with E-state index in [9.17, 15) is 4.79 Å². The summed E-state index contributed by atoms with van der Waals surface area (Å²) in [5.41, 5.74) is 5.97. The Bertz CT molecular complexity index is 465. The number of rotatable bonds is 4. The molecule has 1 aromatic rings. The van der Waals surface area contributed by atoms with E-state index in [4.69, 9.17) is 15.4 Å². The van der Waals surface area contributed by atoms with E-state index in [1.165, 1.54) is 0 Å². The van der Waals surface area contributed by atoms with Gasteiger partial charge < -0.3 is 20.3 Å². The van der Waals surface area contributed by atoms with E-state index in [-0.39, 0.29) is 17.8 Å². The molecule has 18 heavy (non-hydrogen) atoms. The van der Waals surface area contributed by atoms with Gasteiger partial charge in [0.25, 0.3) is 5.91 Å². The SMILES string of the molecule is Cc1cc(C(=O)N(C)C(C)C/C(N)=N/O)c(C)o1. The van der Waals surface area contributed by atoms with Gasteiger partial charge in [-0.05, 0) is 26.8 Å². The molecular formula is C12H19N3O3. The lowest BCUT2D eigenvalue weighted by Gasteiger charge is -2.24. The molecule has 0 fully saturated rings. The molecule has 0 aliphatic rings. The number of furan rings is 1. The van der Waals surface area contributed by atoms with Gasteiger partial charge in [0, 0.05) is 19.5 Å². The number of aryl methyl sites for hydroxylation is 2. The standard InChI is InChI=1S/C12H19N3O3/c1-7(5-11(13)14-17)15(4)12(16)10-6-8(2)18-9(10)3/h6-7,17H,5H2,1-4H3,(H2,13,14). The first-order chi connectivity index (χ1) is 8.36. The summed E-state index contributed by atoms with van der Waals surface area (Å²) in [5.74, 6) is 1.26. The van der Waals surface area contributed by atoms with Gasteiger partial charge in [0.05, 0.1) is 5.56 Å². The molecule has 1 aromatic heterocycles. The maximum Gasteiger partial charge on any atom is 0.257 e. The van der Waals surface area contributed by atoms with Gasteiger partial charge in [-0.25, -0.2) is 0 Å². The molecule has 0 bridgehead atoms. The van der Waals surface area contributed by atoms with Crippen molar-refractivity contribution in [2.75, 3.05) is 7.05 Å². The van der Waals surface area contributed by atoms with Crippen LogP contribution in [0.5, 0.6) is 0 Å². The van der Waals surface area contributed by atoms with Crippen molar-refractivity contribution in [3.8, 4) is 0 Å². The molecule has 1 rings (SSSR count). The number of amidine groups is 1. The number of nitrogens with two attached hydrogens (primary N) is 1. The van der Waals surface area contributed by atoms with Crippen LogP contribution in [0.25, 0.3) is 0 Å². The molecule has 0 radical (unpaired) electrons. The summed E-state index contributed by atoms with van der Waals surface area (Å²) in [5, 5.41) is 11.4. The van der Waals surface area contributed by atoms with Gasteiger partial charge >= 0.3 is 0 Å². The zero-order valence-corrected chi connectivity index (χ0v) is 11.1. The van der Waals surface area contributed by atoms with E-state index in [0.717, 1.165) is 0 Å². The minimum atomic E-state index is -0.164. The molecule has 0 spiro atoms. The monoisotopic (exact) mass is 253 g/mol. The molecule has 0 aromatic carbocycles. The van der Waals surface area contributed by atoms with E-state index < -0.39 is 0 Å². The average Bonchev–Trinajstić information content (AvgIpc) is 2.66. The van der Waals surface area contributed by atoms with Crippen LogP contribution >= 0.6 is 0 Å². The van der Waals surface area contributed by atoms with Crippen molar-refractivity contribution in [3.63, 3.8) is 0 Å². The lowest BCUT2D eigenvalue weighted by molar-refractivity contribution is 0.0745. The molecule has 0 saturated heterocycles. The first-order valence-corrected chi connectivity index (χ1v) is 5.67. The predicted molar refractivity (Wildman–Crippen MR) is 67.8 cm³/mol. The first-order valence-electron chi connectivity index (χ1n) is 5.67.